The number of hydrogen-bond donors (Lipinski definition) is 1. The normalized spacial score (nSPS) is 26.0. The maximum absolute atomic E-state index is 10.4. The lowest BCUT2D eigenvalue weighted by molar-refractivity contribution is 0.155. The van der Waals surface area contributed by atoms with Crippen molar-refractivity contribution in [3.63, 3.8) is 0 Å². The van der Waals surface area contributed by atoms with Crippen molar-refractivity contribution in [2.45, 2.75) is 77.2 Å². The molecule has 1 N–H and O–H groups in total. The van der Waals surface area contributed by atoms with E-state index in [0.717, 1.165) is 19.3 Å². The van der Waals surface area contributed by atoms with E-state index in [4.69, 9.17) is 0 Å². The lowest BCUT2D eigenvalue weighted by Gasteiger charge is -2.24. The molecule has 0 spiro atoms. The van der Waals surface area contributed by atoms with Gasteiger partial charge in [-0.2, -0.15) is 0 Å². The molecule has 0 saturated heterocycles. The third-order valence-electron chi connectivity index (χ3n) is 4.98. The molecule has 0 bridgehead atoms. The van der Waals surface area contributed by atoms with E-state index in [1.165, 1.54) is 24.0 Å². The van der Waals surface area contributed by atoms with Crippen LogP contribution in [0.15, 0.2) is 36.4 Å². The summed E-state index contributed by atoms with van der Waals surface area (Å²) in [7, 11) is 0. The monoisotopic (exact) mass is 300 g/mol. The molecule has 0 heterocycles. The lowest BCUT2D eigenvalue weighted by atomic mass is 9.82. The van der Waals surface area contributed by atoms with Crippen molar-refractivity contribution in [1.29, 1.82) is 0 Å². The number of benzene rings is 1. The second kappa shape index (κ2) is 7.46. The van der Waals surface area contributed by atoms with E-state index in [1.54, 1.807) is 0 Å². The zero-order chi connectivity index (χ0) is 16.2. The minimum absolute atomic E-state index is 0.176. The minimum Gasteiger partial charge on any atom is -0.392 e. The van der Waals surface area contributed by atoms with Crippen LogP contribution in [0.1, 0.15) is 76.8 Å². The molecule has 1 nitrogen and oxygen atoms in total. The number of unbranched alkanes of at least 4 members (excludes halogenated alkanes) is 1. The maximum Gasteiger partial charge on any atom is 0.0611 e. The van der Waals surface area contributed by atoms with E-state index in [1.807, 2.05) is 0 Å². The summed E-state index contributed by atoms with van der Waals surface area (Å²) < 4.78 is 0. The Morgan fingerprint density at radius 3 is 2.36 bits per heavy atom. The van der Waals surface area contributed by atoms with Gasteiger partial charge in [0.25, 0.3) is 0 Å². The SMILES string of the molecule is CCC/C=C/CC1CCC(O)C1c1ccc(C(C)(C)C)cc1. The molecule has 1 aliphatic carbocycles. The van der Waals surface area contributed by atoms with Crippen molar-refractivity contribution in [2.24, 2.45) is 5.92 Å². The summed E-state index contributed by atoms with van der Waals surface area (Å²) in [5, 5.41) is 10.4. The summed E-state index contributed by atoms with van der Waals surface area (Å²) in [4.78, 5) is 0. The lowest BCUT2D eigenvalue weighted by Crippen LogP contribution is -2.17. The molecule has 0 aromatic heterocycles. The zero-order valence-corrected chi connectivity index (χ0v) is 14.7. The number of rotatable bonds is 5. The molecule has 3 atom stereocenters. The van der Waals surface area contributed by atoms with Crippen LogP contribution >= 0.6 is 0 Å². The first-order chi connectivity index (χ1) is 10.4. The van der Waals surface area contributed by atoms with E-state index < -0.39 is 0 Å². The molecule has 1 aliphatic rings. The van der Waals surface area contributed by atoms with Gasteiger partial charge < -0.3 is 5.11 Å². The molecule has 1 aromatic rings. The Bertz CT molecular complexity index is 478. The molecule has 0 radical (unpaired) electrons. The van der Waals surface area contributed by atoms with Crippen molar-refractivity contribution in [1.82, 2.24) is 0 Å². The van der Waals surface area contributed by atoms with Gasteiger partial charge in [0.15, 0.2) is 0 Å². The molecule has 122 valence electrons. The Morgan fingerprint density at radius 1 is 1.09 bits per heavy atom. The molecule has 1 heteroatoms. The number of aliphatic hydroxyl groups excluding tert-OH is 1. The Morgan fingerprint density at radius 2 is 1.77 bits per heavy atom. The Balaban J connectivity index is 2.10. The highest BCUT2D eigenvalue weighted by Gasteiger charge is 2.35. The Labute approximate surface area is 136 Å². The fourth-order valence-corrected chi connectivity index (χ4v) is 3.58. The number of hydrogen-bond acceptors (Lipinski definition) is 1. The third kappa shape index (κ3) is 4.23. The van der Waals surface area contributed by atoms with Crippen LogP contribution in [0, 0.1) is 5.92 Å². The van der Waals surface area contributed by atoms with Gasteiger partial charge in [-0.3, -0.25) is 0 Å². The zero-order valence-electron chi connectivity index (χ0n) is 14.7. The first-order valence-electron chi connectivity index (χ1n) is 8.87. The molecular weight excluding hydrogens is 268 g/mol. The Hall–Kier alpha value is -1.08. The topological polar surface area (TPSA) is 20.2 Å². The predicted molar refractivity (Wildman–Crippen MR) is 95.3 cm³/mol. The van der Waals surface area contributed by atoms with Crippen molar-refractivity contribution in [2.75, 3.05) is 0 Å². The van der Waals surface area contributed by atoms with Crippen molar-refractivity contribution in [3.8, 4) is 0 Å². The summed E-state index contributed by atoms with van der Waals surface area (Å²) in [6, 6.07) is 8.96. The van der Waals surface area contributed by atoms with Gasteiger partial charge >= 0.3 is 0 Å². The van der Waals surface area contributed by atoms with Gasteiger partial charge in [-0.1, -0.05) is 70.5 Å². The average Bonchev–Trinajstić information content (AvgIpc) is 2.84. The molecule has 3 unspecified atom stereocenters. The minimum atomic E-state index is -0.176. The molecular formula is C21H32O. The van der Waals surface area contributed by atoms with E-state index >= 15 is 0 Å². The molecule has 1 aromatic carbocycles. The fraction of sp³-hybridized carbons (Fsp3) is 0.619. The second-order valence-corrected chi connectivity index (χ2v) is 7.80. The molecule has 1 fully saturated rings. The highest BCUT2D eigenvalue weighted by molar-refractivity contribution is 5.31. The van der Waals surface area contributed by atoms with Gasteiger partial charge in [0.1, 0.15) is 0 Å². The standard InChI is InChI=1S/C21H32O/c1-5-6-7-8-9-16-12-15-19(22)20(16)17-10-13-18(14-11-17)21(2,3)4/h7-8,10-11,13-14,16,19-20,22H,5-6,9,12,15H2,1-4H3/b8-7+. The predicted octanol–water partition coefficient (Wildman–Crippen LogP) is 5.59. The number of aliphatic hydroxyl groups is 1. The number of allylic oxidation sites excluding steroid dienone is 2. The van der Waals surface area contributed by atoms with Gasteiger partial charge in [-0.05, 0) is 48.1 Å². The van der Waals surface area contributed by atoms with Crippen LogP contribution in [0.5, 0.6) is 0 Å². The summed E-state index contributed by atoms with van der Waals surface area (Å²) >= 11 is 0. The first kappa shape index (κ1) is 17.3. The molecule has 1 saturated carbocycles. The molecule has 22 heavy (non-hydrogen) atoms. The molecule has 0 aliphatic heterocycles. The largest absolute Gasteiger partial charge is 0.392 e. The fourth-order valence-electron chi connectivity index (χ4n) is 3.58. The summed E-state index contributed by atoms with van der Waals surface area (Å²) in [5.74, 6) is 0.892. The van der Waals surface area contributed by atoms with Gasteiger partial charge in [-0.15, -0.1) is 0 Å². The van der Waals surface area contributed by atoms with Crippen LogP contribution in [0.25, 0.3) is 0 Å². The smallest absolute Gasteiger partial charge is 0.0611 e. The van der Waals surface area contributed by atoms with Crippen LogP contribution in [0.2, 0.25) is 0 Å². The van der Waals surface area contributed by atoms with E-state index in [2.05, 4.69) is 64.1 Å². The van der Waals surface area contributed by atoms with Gasteiger partial charge in [-0.25, -0.2) is 0 Å². The summed E-state index contributed by atoms with van der Waals surface area (Å²) in [6.07, 6.45) is 10.0. The van der Waals surface area contributed by atoms with E-state index in [9.17, 15) is 5.11 Å². The van der Waals surface area contributed by atoms with Gasteiger partial charge in [0.2, 0.25) is 0 Å². The van der Waals surface area contributed by atoms with Gasteiger partial charge in [0, 0.05) is 5.92 Å². The highest BCUT2D eigenvalue weighted by atomic mass is 16.3. The van der Waals surface area contributed by atoms with Crippen LogP contribution in [0.3, 0.4) is 0 Å². The quantitative estimate of drug-likeness (QED) is 0.703. The maximum atomic E-state index is 10.4. The highest BCUT2D eigenvalue weighted by Crippen LogP contribution is 2.42. The molecule has 2 rings (SSSR count). The van der Waals surface area contributed by atoms with E-state index in [-0.39, 0.29) is 11.5 Å². The van der Waals surface area contributed by atoms with Crippen LogP contribution in [0.4, 0.5) is 0 Å². The summed E-state index contributed by atoms with van der Waals surface area (Å²) in [5.41, 5.74) is 2.87. The van der Waals surface area contributed by atoms with Crippen LogP contribution in [-0.4, -0.2) is 11.2 Å². The first-order valence-corrected chi connectivity index (χ1v) is 8.87. The Kier molecular flexibility index (Phi) is 5.86. The third-order valence-corrected chi connectivity index (χ3v) is 4.98. The average molecular weight is 300 g/mol. The van der Waals surface area contributed by atoms with Crippen molar-refractivity contribution >= 4 is 0 Å². The van der Waals surface area contributed by atoms with Crippen molar-refractivity contribution < 1.29 is 5.11 Å². The van der Waals surface area contributed by atoms with Crippen LogP contribution < -0.4 is 0 Å². The van der Waals surface area contributed by atoms with Crippen LogP contribution in [-0.2, 0) is 5.41 Å². The van der Waals surface area contributed by atoms with E-state index in [0.29, 0.717) is 11.8 Å². The second-order valence-electron chi connectivity index (χ2n) is 7.80. The molecule has 0 amide bonds. The van der Waals surface area contributed by atoms with Gasteiger partial charge in [0.05, 0.1) is 6.10 Å². The summed E-state index contributed by atoms with van der Waals surface area (Å²) in [6.45, 7) is 8.94. The van der Waals surface area contributed by atoms with Crippen molar-refractivity contribution in [3.05, 3.63) is 47.5 Å².